The van der Waals surface area contributed by atoms with Crippen LogP contribution in [-0.4, -0.2) is 97.6 Å². The minimum Gasteiger partial charge on any atom is -0.507 e. The number of anilines is 2. The highest BCUT2D eigenvalue weighted by Crippen LogP contribution is 2.67. The summed E-state index contributed by atoms with van der Waals surface area (Å²) in [4.78, 5) is 77.9. The number of fused-ring (bicyclic) bond motifs is 4. The Kier molecular flexibility index (Phi) is 8.27. The van der Waals surface area contributed by atoms with E-state index in [9.17, 15) is 44.1 Å². The Balaban J connectivity index is 1.10. The van der Waals surface area contributed by atoms with Crippen LogP contribution < -0.4 is 16.0 Å². The SMILES string of the molecule is C[C@@H](O)[C@@]12O[C@]13c1cc(O)c4c(c1N[C@H]2C#C/C=C\C#C[C@H]3O)C(=O)c1ccc(NC(=O)CNC(=O)CCCN2C(=O)CC(S)C2=O)cc1C4=O. The van der Waals surface area contributed by atoms with Crippen LogP contribution in [0.4, 0.5) is 11.4 Å². The molecule has 2 bridgehead atoms. The predicted molar refractivity (Wildman–Crippen MR) is 182 cm³/mol. The fourth-order valence-corrected chi connectivity index (χ4v) is 7.58. The van der Waals surface area contributed by atoms with Crippen LogP contribution in [0.5, 0.6) is 5.75 Å². The summed E-state index contributed by atoms with van der Waals surface area (Å²) < 4.78 is 6.17. The Morgan fingerprint density at radius 3 is 2.51 bits per heavy atom. The van der Waals surface area contributed by atoms with Crippen LogP contribution in [-0.2, 0) is 29.5 Å². The number of rotatable bonds is 8. The average Bonchev–Trinajstić information content (AvgIpc) is 3.77. The number of aromatic hydroxyl groups is 1. The molecule has 2 saturated heterocycles. The van der Waals surface area contributed by atoms with Gasteiger partial charge in [0.15, 0.2) is 28.9 Å². The molecule has 2 aliphatic carbocycles. The highest BCUT2D eigenvalue weighted by molar-refractivity contribution is 7.81. The van der Waals surface area contributed by atoms with Crippen molar-refractivity contribution in [1.82, 2.24) is 10.2 Å². The number of aliphatic hydroxyl groups excluding tert-OH is 2. The minimum absolute atomic E-state index is 0.0142. The number of nitrogens with zero attached hydrogens (tertiary/aromatic N) is 1. The zero-order chi connectivity index (χ0) is 36.4. The maximum absolute atomic E-state index is 14.1. The van der Waals surface area contributed by atoms with Gasteiger partial charge < -0.3 is 36.0 Å². The summed E-state index contributed by atoms with van der Waals surface area (Å²) in [6.07, 6.45) is 0.394. The van der Waals surface area contributed by atoms with E-state index in [4.69, 9.17) is 4.74 Å². The van der Waals surface area contributed by atoms with Crippen molar-refractivity contribution in [2.75, 3.05) is 23.7 Å². The topological polar surface area (TPSA) is 215 Å². The van der Waals surface area contributed by atoms with Crippen molar-refractivity contribution in [3.8, 4) is 29.4 Å². The van der Waals surface area contributed by atoms with Gasteiger partial charge in [-0.25, -0.2) is 0 Å². The fraction of sp³-hybridized carbons (Fsp3) is 0.333. The van der Waals surface area contributed by atoms with E-state index in [1.807, 2.05) is 0 Å². The predicted octanol–water partition coefficient (Wildman–Crippen LogP) is 0.136. The first-order valence-corrected chi connectivity index (χ1v) is 16.6. The van der Waals surface area contributed by atoms with Gasteiger partial charge in [0.2, 0.25) is 23.6 Å². The molecule has 2 aromatic carbocycles. The van der Waals surface area contributed by atoms with Crippen molar-refractivity contribution in [1.29, 1.82) is 0 Å². The number of carbonyl (C=O) groups is 6. The number of phenols is 1. The molecular formula is C36H30N4O10S. The number of likely N-dealkylation sites (tertiary alicyclic amines) is 1. The van der Waals surface area contributed by atoms with Crippen molar-refractivity contribution in [2.24, 2.45) is 0 Å². The number of hydrogen-bond acceptors (Lipinski definition) is 12. The number of aliphatic hydroxyl groups is 2. The van der Waals surface area contributed by atoms with Crippen LogP contribution in [0.25, 0.3) is 0 Å². The van der Waals surface area contributed by atoms with E-state index in [1.165, 1.54) is 43.3 Å². The molecule has 51 heavy (non-hydrogen) atoms. The van der Waals surface area contributed by atoms with Gasteiger partial charge in [-0.3, -0.25) is 33.7 Å². The Morgan fingerprint density at radius 2 is 1.80 bits per heavy atom. The molecule has 0 radical (unpaired) electrons. The fourth-order valence-electron chi connectivity index (χ4n) is 7.29. The van der Waals surface area contributed by atoms with Gasteiger partial charge in [-0.1, -0.05) is 23.7 Å². The lowest BCUT2D eigenvalue weighted by molar-refractivity contribution is -0.138. The number of allylic oxidation sites excluding steroid dienone is 2. The first-order chi connectivity index (χ1) is 24.3. The average molecular weight is 711 g/mol. The molecular weight excluding hydrogens is 680 g/mol. The number of hydrogen-bond donors (Lipinski definition) is 7. The zero-order valence-corrected chi connectivity index (χ0v) is 27.8. The molecule has 2 fully saturated rings. The number of ketones is 2. The molecule has 6 atom stereocenters. The molecule has 0 saturated carbocycles. The molecule has 3 heterocycles. The van der Waals surface area contributed by atoms with E-state index in [2.05, 4.69) is 52.3 Å². The number of imide groups is 1. The van der Waals surface area contributed by atoms with Crippen LogP contribution in [0.15, 0.2) is 36.4 Å². The molecule has 14 nitrogen and oxygen atoms in total. The van der Waals surface area contributed by atoms with E-state index in [0.717, 1.165) is 4.90 Å². The third kappa shape index (κ3) is 5.20. The van der Waals surface area contributed by atoms with Gasteiger partial charge in [-0.2, -0.15) is 12.6 Å². The quantitative estimate of drug-likeness (QED) is 0.0549. The molecule has 6 N–H and O–H groups in total. The van der Waals surface area contributed by atoms with Crippen LogP contribution in [0, 0.1) is 23.7 Å². The van der Waals surface area contributed by atoms with Crippen molar-refractivity contribution >= 4 is 59.2 Å². The van der Waals surface area contributed by atoms with E-state index >= 15 is 0 Å². The smallest absolute Gasteiger partial charge is 0.243 e. The number of nitrogens with one attached hydrogen (secondary N) is 3. The van der Waals surface area contributed by atoms with Gasteiger partial charge in [-0.05, 0) is 49.8 Å². The standard InChI is InChI=1S/C36H30N4O10S/c1-17(41)35-24-7-4-2-3-5-8-25(43)36(35,50-35)21-14-22(42)29-30(31(21)39-24)32(47)19-11-10-18(13-20(19)33(29)48)38-27(45)16-37-26(44)9-6-12-40-28(46)15-23(51)34(40)49/h2-3,10-11,13-14,17,23-25,39,41-43,51H,6,9,12,15-16H2,1H3,(H,37,44)(H,38,45)/b3-2-/t17-,23?,24+,25-,35+,36+/m1/s1. The Bertz CT molecular complexity index is 2140. The van der Waals surface area contributed by atoms with Gasteiger partial charge in [0.1, 0.15) is 11.8 Å². The minimum atomic E-state index is -1.69. The number of ether oxygens (including phenoxy) is 1. The molecule has 3 aliphatic heterocycles. The molecule has 260 valence electrons. The molecule has 7 rings (SSSR count). The van der Waals surface area contributed by atoms with E-state index in [1.54, 1.807) is 0 Å². The third-order valence-electron chi connectivity index (χ3n) is 9.69. The van der Waals surface area contributed by atoms with E-state index in [0.29, 0.717) is 0 Å². The van der Waals surface area contributed by atoms with Crippen molar-refractivity contribution in [2.45, 2.75) is 60.9 Å². The van der Waals surface area contributed by atoms with Crippen LogP contribution in [0.2, 0.25) is 0 Å². The lowest BCUT2D eigenvalue weighted by Gasteiger charge is -2.37. The highest BCUT2D eigenvalue weighted by Gasteiger charge is 2.82. The lowest BCUT2D eigenvalue weighted by atomic mass is 9.69. The van der Waals surface area contributed by atoms with Gasteiger partial charge in [0, 0.05) is 41.8 Å². The summed E-state index contributed by atoms with van der Waals surface area (Å²) >= 11 is 4.06. The monoisotopic (exact) mass is 710 g/mol. The summed E-state index contributed by atoms with van der Waals surface area (Å²) in [7, 11) is 0. The molecule has 2 aromatic rings. The molecule has 0 spiro atoms. The number of benzene rings is 2. The van der Waals surface area contributed by atoms with Crippen molar-refractivity contribution in [3.05, 3.63) is 64.2 Å². The summed E-state index contributed by atoms with van der Waals surface area (Å²) in [6, 6.07) is 4.31. The van der Waals surface area contributed by atoms with Gasteiger partial charge in [0.25, 0.3) is 0 Å². The maximum Gasteiger partial charge on any atom is 0.243 e. The zero-order valence-electron chi connectivity index (χ0n) is 26.9. The molecule has 4 amide bonds. The second kappa shape index (κ2) is 12.4. The van der Waals surface area contributed by atoms with Crippen LogP contribution in [0.3, 0.4) is 0 Å². The second-order valence-corrected chi connectivity index (χ2v) is 13.3. The van der Waals surface area contributed by atoms with Crippen LogP contribution in [0.1, 0.15) is 63.6 Å². The molecule has 5 aliphatic rings. The normalized spacial score (nSPS) is 27.5. The number of amides is 4. The summed E-state index contributed by atoms with van der Waals surface area (Å²) in [6.45, 7) is 1.12. The summed E-state index contributed by atoms with van der Waals surface area (Å²) in [5.41, 5.74) is -3.40. The number of epoxide rings is 1. The maximum atomic E-state index is 14.1. The Hall–Kier alpha value is -5.45. The number of phenolic OH excluding ortho intramolecular Hbond substituents is 1. The number of thiol groups is 1. The van der Waals surface area contributed by atoms with Gasteiger partial charge in [0.05, 0.1) is 34.7 Å². The molecule has 15 heteroatoms. The largest absolute Gasteiger partial charge is 0.507 e. The third-order valence-corrected chi connectivity index (χ3v) is 10.1. The first-order valence-electron chi connectivity index (χ1n) is 16.0. The lowest BCUT2D eigenvalue weighted by Crippen LogP contribution is -2.54. The molecule has 0 aromatic heterocycles. The highest BCUT2D eigenvalue weighted by atomic mass is 32.1. The van der Waals surface area contributed by atoms with Crippen molar-refractivity contribution < 1.29 is 48.8 Å². The van der Waals surface area contributed by atoms with Gasteiger partial charge in [-0.15, -0.1) is 0 Å². The number of carbonyl (C=O) groups excluding carboxylic acids is 6. The second-order valence-electron chi connectivity index (χ2n) is 12.7. The van der Waals surface area contributed by atoms with Gasteiger partial charge >= 0.3 is 0 Å². The van der Waals surface area contributed by atoms with E-state index in [-0.39, 0.29) is 70.9 Å². The Morgan fingerprint density at radius 1 is 1.08 bits per heavy atom. The summed E-state index contributed by atoms with van der Waals surface area (Å²) in [5, 5.41) is 41.0. The van der Waals surface area contributed by atoms with E-state index < -0.39 is 76.3 Å². The Labute approximate surface area is 296 Å². The van der Waals surface area contributed by atoms with Crippen molar-refractivity contribution in [3.63, 3.8) is 0 Å². The van der Waals surface area contributed by atoms with Crippen LogP contribution >= 0.6 is 12.6 Å². The molecule has 1 unspecified atom stereocenters. The summed E-state index contributed by atoms with van der Waals surface area (Å²) in [5.74, 6) is 7.37. The first kappa shape index (κ1) is 34.0.